The molecule has 0 aliphatic rings. The summed E-state index contributed by atoms with van der Waals surface area (Å²) in [4.78, 5) is 0. The van der Waals surface area contributed by atoms with E-state index in [4.69, 9.17) is 0 Å². The second-order valence-electron chi connectivity index (χ2n) is 3.90. The lowest BCUT2D eigenvalue weighted by Crippen LogP contribution is -2.01. The van der Waals surface area contributed by atoms with Gasteiger partial charge in [0.05, 0.1) is 6.10 Å². The van der Waals surface area contributed by atoms with Crippen LogP contribution in [0.15, 0.2) is 48.5 Å². The maximum Gasteiger partial charge on any atom is 0.123 e. The number of halogens is 2. The van der Waals surface area contributed by atoms with Gasteiger partial charge in [0.25, 0.3) is 0 Å². The molecule has 0 saturated heterocycles. The van der Waals surface area contributed by atoms with E-state index in [0.717, 1.165) is 5.56 Å². The molecule has 2 aromatic carbocycles. The Kier molecular flexibility index (Phi) is 5.72. The van der Waals surface area contributed by atoms with Gasteiger partial charge in [-0.3, -0.25) is 0 Å². The monoisotopic (exact) mass is 260 g/mol. The average molecular weight is 260 g/mol. The second-order valence-corrected chi connectivity index (χ2v) is 3.90. The summed E-state index contributed by atoms with van der Waals surface area (Å²) in [6.07, 6.45) is 7.67. The molecule has 0 spiro atoms. The normalized spacial score (nSPS) is 11.2. The van der Waals surface area contributed by atoms with Gasteiger partial charge in [-0.1, -0.05) is 24.3 Å². The number of rotatable bonds is 3. The SMILES string of the molecule is C#C.OC(Cc1ccc(F)cc1)c1ccc(F)cc1. The van der Waals surface area contributed by atoms with Crippen LogP contribution in [0.3, 0.4) is 0 Å². The summed E-state index contributed by atoms with van der Waals surface area (Å²) in [5.41, 5.74) is 1.49. The molecule has 0 saturated carbocycles. The Morgan fingerprint density at radius 3 is 1.74 bits per heavy atom. The van der Waals surface area contributed by atoms with E-state index in [0.29, 0.717) is 12.0 Å². The first-order valence-corrected chi connectivity index (χ1v) is 5.66. The van der Waals surface area contributed by atoms with Crippen molar-refractivity contribution in [2.75, 3.05) is 0 Å². The van der Waals surface area contributed by atoms with E-state index in [1.807, 2.05) is 0 Å². The van der Waals surface area contributed by atoms with Crippen LogP contribution in [0, 0.1) is 24.5 Å². The highest BCUT2D eigenvalue weighted by molar-refractivity contribution is 5.23. The Morgan fingerprint density at radius 2 is 1.26 bits per heavy atom. The van der Waals surface area contributed by atoms with Crippen molar-refractivity contribution in [3.8, 4) is 12.8 Å². The molecule has 2 rings (SSSR count). The molecule has 1 atom stereocenters. The van der Waals surface area contributed by atoms with Crippen molar-refractivity contribution in [2.45, 2.75) is 12.5 Å². The predicted molar refractivity (Wildman–Crippen MR) is 71.4 cm³/mol. The molecular weight excluding hydrogens is 246 g/mol. The van der Waals surface area contributed by atoms with Crippen molar-refractivity contribution >= 4 is 0 Å². The first-order chi connectivity index (χ1) is 9.15. The van der Waals surface area contributed by atoms with Gasteiger partial charge in [-0.25, -0.2) is 8.78 Å². The lowest BCUT2D eigenvalue weighted by Gasteiger charge is -2.10. The molecule has 0 fully saturated rings. The molecule has 0 heterocycles. The quantitative estimate of drug-likeness (QED) is 0.837. The van der Waals surface area contributed by atoms with Crippen LogP contribution in [0.2, 0.25) is 0 Å². The van der Waals surface area contributed by atoms with Gasteiger partial charge in [0, 0.05) is 6.42 Å². The van der Waals surface area contributed by atoms with Crippen LogP contribution in [0.5, 0.6) is 0 Å². The van der Waals surface area contributed by atoms with E-state index in [9.17, 15) is 13.9 Å². The van der Waals surface area contributed by atoms with Gasteiger partial charge in [0.1, 0.15) is 11.6 Å². The summed E-state index contributed by atoms with van der Waals surface area (Å²) >= 11 is 0. The predicted octanol–water partition coefficient (Wildman–Crippen LogP) is 3.49. The largest absolute Gasteiger partial charge is 0.388 e. The Hall–Kier alpha value is -2.18. The molecule has 2 aromatic rings. The summed E-state index contributed by atoms with van der Waals surface area (Å²) in [5.74, 6) is -0.632. The number of hydrogen-bond acceptors (Lipinski definition) is 1. The van der Waals surface area contributed by atoms with Gasteiger partial charge in [-0.2, -0.15) is 0 Å². The summed E-state index contributed by atoms with van der Waals surface area (Å²) in [7, 11) is 0. The maximum atomic E-state index is 12.7. The Bertz CT molecular complexity index is 515. The minimum absolute atomic E-state index is 0.301. The Labute approximate surface area is 111 Å². The highest BCUT2D eigenvalue weighted by Gasteiger charge is 2.08. The van der Waals surface area contributed by atoms with E-state index in [1.165, 1.54) is 24.3 Å². The van der Waals surface area contributed by atoms with E-state index >= 15 is 0 Å². The molecule has 98 valence electrons. The van der Waals surface area contributed by atoms with Gasteiger partial charge in [0.15, 0.2) is 0 Å². The molecule has 0 amide bonds. The van der Waals surface area contributed by atoms with Crippen LogP contribution >= 0.6 is 0 Å². The first kappa shape index (κ1) is 14.9. The standard InChI is InChI=1S/C14H12F2O.C2H2/c15-12-5-1-10(2-6-12)9-14(17)11-3-7-13(16)8-4-11;1-2/h1-8,14,17H,9H2;1-2H. The van der Waals surface area contributed by atoms with Gasteiger partial charge in [0.2, 0.25) is 0 Å². The average Bonchev–Trinajstić information content (AvgIpc) is 2.44. The summed E-state index contributed by atoms with van der Waals surface area (Å²) in [6, 6.07) is 11.7. The Balaban J connectivity index is 0.000000861. The molecular formula is C16H14F2O. The topological polar surface area (TPSA) is 20.2 Å². The van der Waals surface area contributed by atoms with Crippen molar-refractivity contribution in [3.63, 3.8) is 0 Å². The fourth-order valence-corrected chi connectivity index (χ4v) is 1.65. The van der Waals surface area contributed by atoms with Crippen molar-refractivity contribution in [3.05, 3.63) is 71.3 Å². The van der Waals surface area contributed by atoms with Gasteiger partial charge < -0.3 is 5.11 Å². The van der Waals surface area contributed by atoms with Crippen LogP contribution < -0.4 is 0 Å². The van der Waals surface area contributed by atoms with Crippen LogP contribution in [0.1, 0.15) is 17.2 Å². The molecule has 0 radical (unpaired) electrons. The van der Waals surface area contributed by atoms with Gasteiger partial charge in [-0.05, 0) is 35.4 Å². The molecule has 0 aliphatic heterocycles. The summed E-state index contributed by atoms with van der Waals surface area (Å²) in [6.45, 7) is 0. The lowest BCUT2D eigenvalue weighted by molar-refractivity contribution is 0.178. The van der Waals surface area contributed by atoms with Crippen molar-refractivity contribution in [1.82, 2.24) is 0 Å². The third-order valence-electron chi connectivity index (χ3n) is 2.60. The number of aliphatic hydroxyl groups is 1. The maximum absolute atomic E-state index is 12.7. The summed E-state index contributed by atoms with van der Waals surface area (Å²) in [5, 5.41) is 9.92. The molecule has 3 heteroatoms. The first-order valence-electron chi connectivity index (χ1n) is 5.66. The Morgan fingerprint density at radius 1 is 0.842 bits per heavy atom. The minimum atomic E-state index is -0.707. The van der Waals surface area contributed by atoms with Crippen molar-refractivity contribution in [1.29, 1.82) is 0 Å². The lowest BCUT2D eigenvalue weighted by atomic mass is 10.0. The number of hydrogen-bond donors (Lipinski definition) is 1. The number of terminal acetylenes is 1. The molecule has 0 bridgehead atoms. The van der Waals surface area contributed by atoms with Crippen LogP contribution in [-0.2, 0) is 6.42 Å². The van der Waals surface area contributed by atoms with Crippen molar-refractivity contribution < 1.29 is 13.9 Å². The number of benzene rings is 2. The minimum Gasteiger partial charge on any atom is -0.388 e. The van der Waals surface area contributed by atoms with E-state index in [2.05, 4.69) is 12.8 Å². The van der Waals surface area contributed by atoms with Crippen LogP contribution in [0.4, 0.5) is 8.78 Å². The molecule has 19 heavy (non-hydrogen) atoms. The third kappa shape index (κ3) is 4.53. The zero-order valence-corrected chi connectivity index (χ0v) is 10.3. The highest BCUT2D eigenvalue weighted by atomic mass is 19.1. The van der Waals surface area contributed by atoms with Crippen LogP contribution in [0.25, 0.3) is 0 Å². The fraction of sp³-hybridized carbons (Fsp3) is 0.125. The molecule has 1 N–H and O–H groups in total. The summed E-state index contributed by atoms with van der Waals surface area (Å²) < 4.78 is 25.4. The van der Waals surface area contributed by atoms with E-state index < -0.39 is 6.10 Å². The second kappa shape index (κ2) is 7.30. The van der Waals surface area contributed by atoms with Gasteiger partial charge in [-0.15, -0.1) is 12.8 Å². The zero-order chi connectivity index (χ0) is 14.3. The number of aliphatic hydroxyl groups excluding tert-OH is 1. The third-order valence-corrected chi connectivity index (χ3v) is 2.60. The van der Waals surface area contributed by atoms with E-state index in [-0.39, 0.29) is 11.6 Å². The van der Waals surface area contributed by atoms with Crippen LogP contribution in [-0.4, -0.2) is 5.11 Å². The molecule has 0 aromatic heterocycles. The molecule has 1 unspecified atom stereocenters. The molecule has 1 nitrogen and oxygen atoms in total. The highest BCUT2D eigenvalue weighted by Crippen LogP contribution is 2.18. The van der Waals surface area contributed by atoms with Crippen molar-refractivity contribution in [2.24, 2.45) is 0 Å². The molecule has 0 aliphatic carbocycles. The zero-order valence-electron chi connectivity index (χ0n) is 10.3. The fourth-order valence-electron chi connectivity index (χ4n) is 1.65. The smallest absolute Gasteiger partial charge is 0.123 e. The van der Waals surface area contributed by atoms with E-state index in [1.54, 1.807) is 24.3 Å². The van der Waals surface area contributed by atoms with Gasteiger partial charge >= 0.3 is 0 Å².